The summed E-state index contributed by atoms with van der Waals surface area (Å²) in [5, 5.41) is 10.8. The highest BCUT2D eigenvalue weighted by atomic mass is 16.1. The van der Waals surface area contributed by atoms with Crippen LogP contribution in [0.15, 0.2) is 42.6 Å². The molecule has 0 radical (unpaired) electrons. The number of hydrogen-bond acceptors (Lipinski definition) is 4. The minimum Gasteiger partial charge on any atom is -0.398 e. The van der Waals surface area contributed by atoms with E-state index in [2.05, 4.69) is 31.1 Å². The van der Waals surface area contributed by atoms with Crippen molar-refractivity contribution in [2.24, 2.45) is 5.41 Å². The molecular formula is C19H24N4O. The quantitative estimate of drug-likeness (QED) is 0.593. The van der Waals surface area contributed by atoms with Gasteiger partial charge in [0.15, 0.2) is 0 Å². The number of aromatic nitrogens is 1. The molecule has 24 heavy (non-hydrogen) atoms. The zero-order chi connectivity index (χ0) is 17.9. The van der Waals surface area contributed by atoms with E-state index in [0.29, 0.717) is 22.5 Å². The molecule has 0 fully saturated rings. The Hall–Kier alpha value is -2.69. The highest BCUT2D eigenvalue weighted by Crippen LogP contribution is 2.32. The Balaban J connectivity index is 2.32. The van der Waals surface area contributed by atoms with Crippen molar-refractivity contribution in [3.05, 3.63) is 59.4 Å². The minimum absolute atomic E-state index is 0.196. The summed E-state index contributed by atoms with van der Waals surface area (Å²) in [6.07, 6.45) is 1.72. The summed E-state index contributed by atoms with van der Waals surface area (Å²) < 4.78 is 0. The van der Waals surface area contributed by atoms with Gasteiger partial charge >= 0.3 is 0 Å². The third-order valence-corrected chi connectivity index (χ3v) is 3.84. The highest BCUT2D eigenvalue weighted by Gasteiger charge is 2.29. The van der Waals surface area contributed by atoms with Gasteiger partial charge in [0.2, 0.25) is 0 Å². The summed E-state index contributed by atoms with van der Waals surface area (Å²) >= 11 is 0. The molecule has 2 aromatic rings. The molecule has 0 aliphatic heterocycles. The lowest BCUT2D eigenvalue weighted by Gasteiger charge is -2.31. The lowest BCUT2D eigenvalue weighted by molar-refractivity contribution is 0.0899. The Bertz CT molecular complexity index is 748. The van der Waals surface area contributed by atoms with Gasteiger partial charge in [-0.3, -0.25) is 9.78 Å². The molecular weight excluding hydrogens is 300 g/mol. The van der Waals surface area contributed by atoms with E-state index in [-0.39, 0.29) is 17.4 Å². The summed E-state index contributed by atoms with van der Waals surface area (Å²) in [5.74, 6) is -0.205. The molecule has 5 nitrogen and oxygen atoms in total. The van der Waals surface area contributed by atoms with Crippen molar-refractivity contribution in [1.82, 2.24) is 10.3 Å². The minimum atomic E-state index is -0.228. The molecule has 1 aromatic heterocycles. The molecule has 0 bridgehead atoms. The number of amides is 1. The number of nitrogens with one attached hydrogen (secondary N) is 2. The van der Waals surface area contributed by atoms with Gasteiger partial charge in [-0.05, 0) is 42.7 Å². The predicted octanol–water partition coefficient (Wildman–Crippen LogP) is 3.57. The van der Waals surface area contributed by atoms with E-state index in [0.717, 1.165) is 5.69 Å². The zero-order valence-electron chi connectivity index (χ0n) is 14.6. The maximum atomic E-state index is 12.7. The Morgan fingerprint density at radius 1 is 1.25 bits per heavy atom. The Morgan fingerprint density at radius 2 is 1.96 bits per heavy atom. The Kier molecular flexibility index (Phi) is 5.02. The van der Waals surface area contributed by atoms with E-state index in [1.807, 2.05) is 18.2 Å². The van der Waals surface area contributed by atoms with Crippen LogP contribution in [0.25, 0.3) is 0 Å². The molecule has 4 N–H and O–H groups in total. The number of hydrogen-bond donors (Lipinski definition) is 3. The molecule has 1 unspecified atom stereocenters. The Morgan fingerprint density at radius 3 is 2.50 bits per heavy atom. The molecule has 0 saturated heterocycles. The third-order valence-electron chi connectivity index (χ3n) is 3.84. The van der Waals surface area contributed by atoms with E-state index >= 15 is 0 Å². The van der Waals surface area contributed by atoms with Crippen LogP contribution in [0.3, 0.4) is 0 Å². The molecule has 1 aromatic carbocycles. The van der Waals surface area contributed by atoms with Crippen molar-refractivity contribution >= 4 is 17.3 Å². The monoisotopic (exact) mass is 324 g/mol. The fourth-order valence-corrected chi connectivity index (χ4v) is 2.52. The maximum Gasteiger partial charge on any atom is 0.251 e. The van der Waals surface area contributed by atoms with Crippen LogP contribution in [0, 0.1) is 10.8 Å². The van der Waals surface area contributed by atoms with Gasteiger partial charge in [0.05, 0.1) is 11.7 Å². The smallest absolute Gasteiger partial charge is 0.251 e. The first-order valence-electron chi connectivity index (χ1n) is 7.87. The molecule has 0 spiro atoms. The van der Waals surface area contributed by atoms with Gasteiger partial charge in [-0.2, -0.15) is 0 Å². The number of benzene rings is 1. The average Bonchev–Trinajstić information content (AvgIpc) is 2.52. The fourth-order valence-electron chi connectivity index (χ4n) is 2.52. The second kappa shape index (κ2) is 6.83. The van der Waals surface area contributed by atoms with Crippen LogP contribution in [0.2, 0.25) is 0 Å². The first kappa shape index (κ1) is 17.7. The summed E-state index contributed by atoms with van der Waals surface area (Å²) in [7, 11) is 0. The van der Waals surface area contributed by atoms with Gasteiger partial charge in [-0.15, -0.1) is 0 Å². The van der Waals surface area contributed by atoms with Crippen LogP contribution in [0.4, 0.5) is 5.69 Å². The Labute approximate surface area is 142 Å². The van der Waals surface area contributed by atoms with Crippen LogP contribution < -0.4 is 11.1 Å². The van der Waals surface area contributed by atoms with Crippen LogP contribution in [0.5, 0.6) is 0 Å². The highest BCUT2D eigenvalue weighted by molar-refractivity contribution is 6.04. The molecule has 0 aliphatic carbocycles. The second-order valence-electron chi connectivity index (χ2n) is 6.95. The van der Waals surface area contributed by atoms with Gasteiger partial charge < -0.3 is 16.5 Å². The van der Waals surface area contributed by atoms with Crippen LogP contribution >= 0.6 is 0 Å². The number of pyridine rings is 1. The van der Waals surface area contributed by atoms with E-state index in [9.17, 15) is 4.79 Å². The van der Waals surface area contributed by atoms with Crippen LogP contribution in [-0.4, -0.2) is 16.6 Å². The van der Waals surface area contributed by atoms with Crippen LogP contribution in [-0.2, 0) is 0 Å². The lowest BCUT2D eigenvalue weighted by Crippen LogP contribution is -2.37. The van der Waals surface area contributed by atoms with Gasteiger partial charge in [-0.25, -0.2) is 0 Å². The maximum absolute atomic E-state index is 12.7. The standard InChI is InChI=1S/C19H24N4O/c1-12(20)14-11-13(8-9-15(14)21)18(24)23-17(19(2,3)4)16-7-5-6-10-22-16/h5-11,17,20H,21H2,1-4H3,(H,23,24). The van der Waals surface area contributed by atoms with Gasteiger partial charge in [-0.1, -0.05) is 26.8 Å². The molecule has 5 heteroatoms. The first-order valence-corrected chi connectivity index (χ1v) is 7.87. The van der Waals surface area contributed by atoms with Crippen LogP contribution in [0.1, 0.15) is 55.4 Å². The largest absolute Gasteiger partial charge is 0.398 e. The molecule has 0 saturated carbocycles. The second-order valence-corrected chi connectivity index (χ2v) is 6.95. The number of carbonyl (C=O) groups excluding carboxylic acids is 1. The van der Waals surface area contributed by atoms with E-state index in [1.54, 1.807) is 31.3 Å². The van der Waals surface area contributed by atoms with E-state index in [4.69, 9.17) is 11.1 Å². The third kappa shape index (κ3) is 3.98. The summed E-state index contributed by atoms with van der Waals surface area (Å²) in [4.78, 5) is 17.1. The average molecular weight is 324 g/mol. The van der Waals surface area contributed by atoms with E-state index in [1.165, 1.54) is 0 Å². The summed E-state index contributed by atoms with van der Waals surface area (Å²) in [5.41, 5.74) is 8.38. The van der Waals surface area contributed by atoms with Crippen molar-refractivity contribution < 1.29 is 4.79 Å². The topological polar surface area (TPSA) is 91.9 Å². The number of rotatable bonds is 4. The number of anilines is 1. The molecule has 1 heterocycles. The SMILES string of the molecule is CC(=N)c1cc(C(=O)NC(c2ccccn2)C(C)(C)C)ccc1N. The van der Waals surface area contributed by atoms with Gasteiger partial charge in [0.25, 0.3) is 5.91 Å². The molecule has 1 atom stereocenters. The summed E-state index contributed by atoms with van der Waals surface area (Å²) in [6.45, 7) is 7.83. The normalized spacial score (nSPS) is 12.5. The van der Waals surface area contributed by atoms with Gasteiger partial charge in [0, 0.05) is 28.7 Å². The molecule has 0 aliphatic rings. The lowest BCUT2D eigenvalue weighted by atomic mass is 9.84. The van der Waals surface area contributed by atoms with E-state index < -0.39 is 0 Å². The number of nitrogens with two attached hydrogens (primary N) is 1. The molecule has 126 valence electrons. The molecule has 1 amide bonds. The molecule has 2 rings (SSSR count). The van der Waals surface area contributed by atoms with Crippen molar-refractivity contribution in [1.29, 1.82) is 5.41 Å². The number of nitrogens with zero attached hydrogens (tertiary/aromatic N) is 1. The zero-order valence-corrected chi connectivity index (χ0v) is 14.6. The number of nitrogen functional groups attached to an aromatic ring is 1. The van der Waals surface area contributed by atoms with Crippen molar-refractivity contribution in [3.63, 3.8) is 0 Å². The fraction of sp³-hybridized carbons (Fsp3) is 0.316. The van der Waals surface area contributed by atoms with Crippen molar-refractivity contribution in [2.45, 2.75) is 33.7 Å². The number of carbonyl (C=O) groups is 1. The van der Waals surface area contributed by atoms with Crippen molar-refractivity contribution in [2.75, 3.05) is 5.73 Å². The summed E-state index contributed by atoms with van der Waals surface area (Å²) in [6, 6.07) is 10.4. The van der Waals surface area contributed by atoms with Gasteiger partial charge in [0.1, 0.15) is 0 Å². The van der Waals surface area contributed by atoms with Crippen molar-refractivity contribution in [3.8, 4) is 0 Å². The first-order chi connectivity index (χ1) is 11.2. The predicted molar refractivity (Wildman–Crippen MR) is 97.3 cm³/mol.